The molecule has 1 unspecified atom stereocenters. The van der Waals surface area contributed by atoms with Gasteiger partial charge in [0.15, 0.2) is 0 Å². The molecule has 310 valence electrons. The van der Waals surface area contributed by atoms with E-state index in [-0.39, 0.29) is 19.1 Å². The summed E-state index contributed by atoms with van der Waals surface area (Å²) in [6, 6.07) is 61.6. The molecule has 7 aromatic rings. The number of anilines is 3. The Bertz CT molecular complexity index is 2530. The zero-order valence-corrected chi connectivity index (χ0v) is 35.1. The fourth-order valence-corrected chi connectivity index (χ4v) is 7.39. The molecule has 0 aromatic heterocycles. The van der Waals surface area contributed by atoms with Crippen LogP contribution in [0.25, 0.3) is 0 Å². The van der Waals surface area contributed by atoms with Gasteiger partial charge in [-0.15, -0.1) is 0 Å². The lowest BCUT2D eigenvalue weighted by Gasteiger charge is -2.26. The number of nitrogens with zero attached hydrogens (tertiary/aromatic N) is 1. The fraction of sp³-hybridized carbons (Fsp3) is 0.143. The van der Waals surface area contributed by atoms with Crippen LogP contribution < -0.4 is 9.64 Å². The summed E-state index contributed by atoms with van der Waals surface area (Å²) in [6.45, 7) is 10.1. The molecule has 6 nitrogen and oxygen atoms in total. The molecule has 0 heterocycles. The Kier molecular flexibility index (Phi) is 14.6. The van der Waals surface area contributed by atoms with Crippen molar-refractivity contribution in [3.63, 3.8) is 0 Å². The van der Waals surface area contributed by atoms with E-state index < -0.39 is 11.9 Å². The third kappa shape index (κ3) is 11.4. The maximum absolute atomic E-state index is 11.6. The van der Waals surface area contributed by atoms with Gasteiger partial charge in [-0.1, -0.05) is 147 Å². The molecule has 62 heavy (non-hydrogen) atoms. The molecule has 1 atom stereocenters. The van der Waals surface area contributed by atoms with Gasteiger partial charge in [0.05, 0.1) is 6.61 Å². The van der Waals surface area contributed by atoms with Crippen LogP contribution in [0.15, 0.2) is 201 Å². The quantitative estimate of drug-likeness (QED) is 0.0460. The van der Waals surface area contributed by atoms with E-state index >= 15 is 0 Å². The topological polar surface area (TPSA) is 65.1 Å². The summed E-state index contributed by atoms with van der Waals surface area (Å²) in [5.41, 5.74) is 13.4. The Balaban J connectivity index is 1.02. The molecular weight excluding hydrogens is 767 g/mol. The molecule has 0 saturated carbocycles. The van der Waals surface area contributed by atoms with Gasteiger partial charge in [-0.2, -0.15) is 0 Å². The summed E-state index contributed by atoms with van der Waals surface area (Å²) in [7, 11) is 0. The first kappa shape index (κ1) is 42.7. The molecule has 0 bridgehead atoms. The number of rotatable bonds is 19. The predicted molar refractivity (Wildman–Crippen MR) is 249 cm³/mol. The lowest BCUT2D eigenvalue weighted by molar-refractivity contribution is -0.139. The second-order valence-electron chi connectivity index (χ2n) is 15.1. The molecule has 0 saturated heterocycles. The van der Waals surface area contributed by atoms with Gasteiger partial charge in [0.2, 0.25) is 0 Å². The first-order chi connectivity index (χ1) is 30.4. The second-order valence-corrected chi connectivity index (χ2v) is 15.1. The van der Waals surface area contributed by atoms with E-state index in [2.05, 4.69) is 146 Å². The number of carbonyl (C=O) groups excluding carboxylic acids is 2. The van der Waals surface area contributed by atoms with Crippen LogP contribution in [0, 0.1) is 0 Å². The number of esters is 2. The smallest absolute Gasteiger partial charge is 0.330 e. The Morgan fingerprint density at radius 3 is 1.26 bits per heavy atom. The Hall–Kier alpha value is -7.44. The summed E-state index contributed by atoms with van der Waals surface area (Å²) in [5.74, 6) is 0.0362. The lowest BCUT2D eigenvalue weighted by atomic mass is 9.84. The van der Waals surface area contributed by atoms with Crippen LogP contribution in [0.4, 0.5) is 17.1 Å². The summed E-state index contributed by atoms with van der Waals surface area (Å²) in [5, 5.41) is 0. The molecule has 0 N–H and O–H groups in total. The third-order valence-electron chi connectivity index (χ3n) is 10.7. The van der Waals surface area contributed by atoms with Crippen LogP contribution in [0.2, 0.25) is 0 Å². The third-order valence-corrected chi connectivity index (χ3v) is 10.7. The molecule has 0 amide bonds. The largest absolute Gasteiger partial charge is 0.494 e. The standard InChI is InChI=1S/C56H51NO5/c1-4-36-60-53-34-32-52(33-35-53)57(51-30-22-46(23-31-51)40-62-55(59)6-3)50-28-20-44(21-29-50)38-42-14-12-41(13-15-42)37-43-16-24-48(25-17-43)56(47-10-8-7-9-11-47)49-26-18-45(19-27-49)39-61-54(58)5-2/h5-35,56H,2-4,36-40H2,1H3. The van der Waals surface area contributed by atoms with Gasteiger partial charge in [-0.25, -0.2) is 9.59 Å². The van der Waals surface area contributed by atoms with Crippen molar-refractivity contribution in [2.24, 2.45) is 0 Å². The van der Waals surface area contributed by atoms with E-state index in [0.29, 0.717) is 6.61 Å². The van der Waals surface area contributed by atoms with Gasteiger partial charge >= 0.3 is 11.9 Å². The van der Waals surface area contributed by atoms with Crippen LogP contribution >= 0.6 is 0 Å². The lowest BCUT2D eigenvalue weighted by Crippen LogP contribution is -2.10. The van der Waals surface area contributed by atoms with Crippen molar-refractivity contribution in [3.05, 3.63) is 251 Å². The number of hydrogen-bond donors (Lipinski definition) is 0. The average molecular weight is 818 g/mol. The maximum Gasteiger partial charge on any atom is 0.330 e. The summed E-state index contributed by atoms with van der Waals surface area (Å²) in [6.07, 6.45) is 4.96. The fourth-order valence-electron chi connectivity index (χ4n) is 7.39. The molecule has 7 aromatic carbocycles. The van der Waals surface area contributed by atoms with Gasteiger partial charge in [-0.3, -0.25) is 0 Å². The van der Waals surface area contributed by atoms with Crippen molar-refractivity contribution < 1.29 is 23.8 Å². The first-order valence-electron chi connectivity index (χ1n) is 21.0. The van der Waals surface area contributed by atoms with E-state index in [4.69, 9.17) is 14.2 Å². The Morgan fingerprint density at radius 1 is 0.484 bits per heavy atom. The number of ether oxygens (including phenoxy) is 3. The molecule has 0 fully saturated rings. The predicted octanol–water partition coefficient (Wildman–Crippen LogP) is 12.8. The molecule has 0 radical (unpaired) electrons. The molecule has 7 rings (SSSR count). The van der Waals surface area contributed by atoms with Gasteiger partial charge in [-0.05, 0) is 118 Å². The maximum atomic E-state index is 11.6. The molecule has 6 heteroatoms. The van der Waals surface area contributed by atoms with Crippen LogP contribution in [0.3, 0.4) is 0 Å². The Labute approximate surface area is 365 Å². The van der Waals surface area contributed by atoms with Crippen molar-refractivity contribution in [1.29, 1.82) is 0 Å². The van der Waals surface area contributed by atoms with Crippen molar-refractivity contribution in [3.8, 4) is 5.75 Å². The minimum absolute atomic E-state index is 0.0666. The average Bonchev–Trinajstić information content (AvgIpc) is 3.32. The van der Waals surface area contributed by atoms with Crippen molar-refractivity contribution in [2.45, 2.75) is 45.3 Å². The van der Waals surface area contributed by atoms with E-state index in [1.165, 1.54) is 51.1 Å². The number of hydrogen-bond acceptors (Lipinski definition) is 6. The minimum atomic E-state index is -0.444. The highest BCUT2D eigenvalue weighted by Crippen LogP contribution is 2.36. The Morgan fingerprint density at radius 2 is 0.839 bits per heavy atom. The zero-order valence-electron chi connectivity index (χ0n) is 35.1. The van der Waals surface area contributed by atoms with Crippen LogP contribution in [-0.4, -0.2) is 18.5 Å². The van der Waals surface area contributed by atoms with Gasteiger partial charge in [0.25, 0.3) is 0 Å². The number of carbonyl (C=O) groups is 2. The van der Waals surface area contributed by atoms with E-state index in [0.717, 1.165) is 53.2 Å². The van der Waals surface area contributed by atoms with Crippen LogP contribution in [0.1, 0.15) is 69.3 Å². The van der Waals surface area contributed by atoms with E-state index in [9.17, 15) is 9.59 Å². The van der Waals surface area contributed by atoms with Crippen molar-refractivity contribution in [2.75, 3.05) is 11.5 Å². The van der Waals surface area contributed by atoms with Crippen LogP contribution in [0.5, 0.6) is 5.75 Å². The van der Waals surface area contributed by atoms with Crippen molar-refractivity contribution in [1.82, 2.24) is 0 Å². The highest BCUT2D eigenvalue weighted by molar-refractivity contribution is 5.81. The van der Waals surface area contributed by atoms with E-state index in [1.807, 2.05) is 54.6 Å². The zero-order chi connectivity index (χ0) is 43.1. The molecule has 0 aliphatic rings. The van der Waals surface area contributed by atoms with Gasteiger partial charge in [0.1, 0.15) is 19.0 Å². The SMILES string of the molecule is C=CC(=O)OCc1ccc(C(c2ccccc2)c2ccc(Cc3ccc(Cc4ccc(N(c5ccc(COC(=O)C=C)cc5)c5ccc(OCCC)cc5)cc4)cc3)cc2)cc1. The summed E-state index contributed by atoms with van der Waals surface area (Å²) >= 11 is 0. The first-order valence-corrected chi connectivity index (χ1v) is 21.0. The molecule has 0 aliphatic heterocycles. The summed E-state index contributed by atoms with van der Waals surface area (Å²) in [4.78, 5) is 25.4. The van der Waals surface area contributed by atoms with E-state index in [1.54, 1.807) is 0 Å². The normalized spacial score (nSPS) is 11.2. The minimum Gasteiger partial charge on any atom is -0.494 e. The molecular formula is C56H51NO5. The monoisotopic (exact) mass is 817 g/mol. The van der Waals surface area contributed by atoms with Gasteiger partial charge < -0.3 is 19.1 Å². The molecule has 0 aliphatic carbocycles. The number of benzene rings is 7. The van der Waals surface area contributed by atoms with Crippen molar-refractivity contribution >= 4 is 29.0 Å². The molecule has 0 spiro atoms. The highest BCUT2D eigenvalue weighted by Gasteiger charge is 2.18. The second kappa shape index (κ2) is 21.2. The van der Waals surface area contributed by atoms with Crippen LogP contribution in [-0.2, 0) is 45.1 Å². The van der Waals surface area contributed by atoms with Gasteiger partial charge in [0, 0.05) is 35.1 Å². The highest BCUT2D eigenvalue weighted by atomic mass is 16.5. The summed E-state index contributed by atoms with van der Waals surface area (Å²) < 4.78 is 16.3.